The van der Waals surface area contributed by atoms with Crippen molar-refractivity contribution in [2.24, 2.45) is 0 Å². The normalized spacial score (nSPS) is 10.5. The molecule has 0 radical (unpaired) electrons. The molecule has 0 spiro atoms. The largest absolute Gasteiger partial charge is 0.506 e. The molecule has 1 aromatic heterocycles. The summed E-state index contributed by atoms with van der Waals surface area (Å²) in [5.74, 6) is -1.26. The second kappa shape index (κ2) is 4.39. The number of carbonyl (C=O) groups is 1. The van der Waals surface area contributed by atoms with E-state index in [4.69, 9.17) is 16.7 Å². The Morgan fingerprint density at radius 2 is 2.27 bits per heavy atom. The van der Waals surface area contributed by atoms with Crippen molar-refractivity contribution >= 4 is 16.8 Å². The van der Waals surface area contributed by atoms with Crippen molar-refractivity contribution in [3.8, 4) is 11.5 Å². The maximum absolute atomic E-state index is 12.5. The molecule has 0 aliphatic rings. The number of aromatic hydroxyl groups is 1. The molecule has 1 N–H and O–H groups in total. The average molecular weight is 238 g/mol. The van der Waals surface area contributed by atoms with Crippen molar-refractivity contribution in [2.45, 2.75) is 6.43 Å². The Balaban J connectivity index is 3.47. The van der Waals surface area contributed by atoms with Crippen LogP contribution in [0, 0.1) is 0 Å². The quantitative estimate of drug-likeness (QED) is 0.818. The Kier molecular flexibility index (Phi) is 3.41. The standard InChI is InChI=1S/C8H6ClF2NO3/c1-15-6-4(8(10)11)3(13)2-12-5(6)7(9)14/h2,8,13H,1H3. The predicted molar refractivity (Wildman–Crippen MR) is 47.6 cm³/mol. The monoisotopic (exact) mass is 237 g/mol. The van der Waals surface area contributed by atoms with Crippen molar-refractivity contribution in [3.63, 3.8) is 0 Å². The van der Waals surface area contributed by atoms with Gasteiger partial charge in [0.2, 0.25) is 0 Å². The Labute approximate surface area is 88.4 Å². The van der Waals surface area contributed by atoms with E-state index < -0.39 is 34.4 Å². The first-order chi connectivity index (χ1) is 6.99. The molecular formula is C8H6ClF2NO3. The predicted octanol–water partition coefficient (Wildman–Crippen LogP) is 2.11. The smallest absolute Gasteiger partial charge is 0.274 e. The van der Waals surface area contributed by atoms with Gasteiger partial charge in [0.25, 0.3) is 11.7 Å². The van der Waals surface area contributed by atoms with Gasteiger partial charge in [-0.1, -0.05) is 0 Å². The highest BCUT2D eigenvalue weighted by Crippen LogP contribution is 2.37. The van der Waals surface area contributed by atoms with Crippen molar-refractivity contribution in [1.82, 2.24) is 4.98 Å². The Morgan fingerprint density at radius 3 is 2.67 bits per heavy atom. The number of hydrogen-bond acceptors (Lipinski definition) is 4. The second-order valence-corrected chi connectivity index (χ2v) is 2.86. The summed E-state index contributed by atoms with van der Waals surface area (Å²) < 4.78 is 29.6. The summed E-state index contributed by atoms with van der Waals surface area (Å²) in [5.41, 5.74) is -1.25. The van der Waals surface area contributed by atoms with E-state index in [1.165, 1.54) is 0 Å². The van der Waals surface area contributed by atoms with Gasteiger partial charge in [0.05, 0.1) is 13.3 Å². The van der Waals surface area contributed by atoms with Crippen molar-refractivity contribution in [2.75, 3.05) is 7.11 Å². The van der Waals surface area contributed by atoms with Crippen LogP contribution in [0.15, 0.2) is 6.20 Å². The fourth-order valence-electron chi connectivity index (χ4n) is 1.06. The lowest BCUT2D eigenvalue weighted by atomic mass is 10.2. The van der Waals surface area contributed by atoms with E-state index in [-0.39, 0.29) is 0 Å². The number of rotatable bonds is 3. The third-order valence-corrected chi connectivity index (χ3v) is 1.84. The molecule has 1 heterocycles. The summed E-state index contributed by atoms with van der Waals surface area (Å²) >= 11 is 5.11. The topological polar surface area (TPSA) is 59.4 Å². The summed E-state index contributed by atoms with van der Waals surface area (Å²) in [7, 11) is 1.08. The van der Waals surface area contributed by atoms with Crippen molar-refractivity contribution < 1.29 is 23.4 Å². The van der Waals surface area contributed by atoms with Crippen LogP contribution in [-0.4, -0.2) is 22.4 Å². The van der Waals surface area contributed by atoms with Crippen LogP contribution in [-0.2, 0) is 0 Å². The maximum Gasteiger partial charge on any atom is 0.274 e. The van der Waals surface area contributed by atoms with Gasteiger partial charge < -0.3 is 9.84 Å². The van der Waals surface area contributed by atoms with Crippen LogP contribution < -0.4 is 4.74 Å². The van der Waals surface area contributed by atoms with Gasteiger partial charge in [0, 0.05) is 0 Å². The Hall–Kier alpha value is -1.43. The number of methoxy groups -OCH3 is 1. The van der Waals surface area contributed by atoms with E-state index in [1.54, 1.807) is 0 Å². The molecule has 0 bridgehead atoms. The lowest BCUT2D eigenvalue weighted by Gasteiger charge is -2.11. The average Bonchev–Trinajstić information content (AvgIpc) is 2.15. The van der Waals surface area contributed by atoms with Crippen LogP contribution in [0.25, 0.3) is 0 Å². The number of nitrogens with zero attached hydrogens (tertiary/aromatic N) is 1. The number of aromatic nitrogens is 1. The van der Waals surface area contributed by atoms with E-state index >= 15 is 0 Å². The first-order valence-corrected chi connectivity index (χ1v) is 4.10. The molecule has 0 aliphatic heterocycles. The molecule has 15 heavy (non-hydrogen) atoms. The number of halogens is 3. The van der Waals surface area contributed by atoms with Crippen molar-refractivity contribution in [1.29, 1.82) is 0 Å². The lowest BCUT2D eigenvalue weighted by molar-refractivity contribution is 0.107. The van der Waals surface area contributed by atoms with Crippen molar-refractivity contribution in [3.05, 3.63) is 17.5 Å². The highest BCUT2D eigenvalue weighted by Gasteiger charge is 2.25. The molecule has 0 aromatic carbocycles. The minimum Gasteiger partial charge on any atom is -0.506 e. The summed E-state index contributed by atoms with van der Waals surface area (Å²) in [5, 5.41) is 8.09. The number of hydrogen-bond donors (Lipinski definition) is 1. The van der Waals surface area contributed by atoms with Crippen LogP contribution in [0.5, 0.6) is 11.5 Å². The van der Waals surface area contributed by atoms with Gasteiger partial charge in [-0.25, -0.2) is 13.8 Å². The molecule has 1 rings (SSSR count). The molecular weight excluding hydrogens is 232 g/mol. The van der Waals surface area contributed by atoms with Crippen LogP contribution in [0.1, 0.15) is 22.5 Å². The summed E-state index contributed by atoms with van der Waals surface area (Å²) in [6.07, 6.45) is -2.27. The van der Waals surface area contributed by atoms with Gasteiger partial charge in [-0.2, -0.15) is 0 Å². The first-order valence-electron chi connectivity index (χ1n) is 3.72. The number of carbonyl (C=O) groups excluding carboxylic acids is 1. The number of pyridine rings is 1. The van der Waals surface area contributed by atoms with Crippen LogP contribution in [0.4, 0.5) is 8.78 Å². The third kappa shape index (κ3) is 2.15. The van der Waals surface area contributed by atoms with Gasteiger partial charge in [-0.05, 0) is 11.6 Å². The molecule has 0 atom stereocenters. The van der Waals surface area contributed by atoms with E-state index in [0.717, 1.165) is 13.3 Å². The Morgan fingerprint density at radius 1 is 1.67 bits per heavy atom. The maximum atomic E-state index is 12.5. The zero-order valence-electron chi connectivity index (χ0n) is 7.50. The van der Waals surface area contributed by atoms with E-state index in [9.17, 15) is 13.6 Å². The molecule has 0 unspecified atom stereocenters. The van der Waals surface area contributed by atoms with E-state index in [1.807, 2.05) is 0 Å². The van der Waals surface area contributed by atoms with E-state index in [2.05, 4.69) is 9.72 Å². The molecule has 7 heteroatoms. The molecule has 0 saturated heterocycles. The van der Waals surface area contributed by atoms with Gasteiger partial charge in [0.1, 0.15) is 11.3 Å². The molecule has 82 valence electrons. The minimum atomic E-state index is -2.99. The van der Waals surface area contributed by atoms with Crippen LogP contribution in [0.2, 0.25) is 0 Å². The summed E-state index contributed by atoms with van der Waals surface area (Å²) in [4.78, 5) is 14.2. The minimum absolute atomic E-state index is 0.452. The van der Waals surface area contributed by atoms with E-state index in [0.29, 0.717) is 0 Å². The lowest BCUT2D eigenvalue weighted by Crippen LogP contribution is -2.03. The molecule has 4 nitrogen and oxygen atoms in total. The summed E-state index contributed by atoms with van der Waals surface area (Å²) in [6, 6.07) is 0. The fourth-order valence-corrected chi connectivity index (χ4v) is 1.19. The summed E-state index contributed by atoms with van der Waals surface area (Å²) in [6.45, 7) is 0. The Bertz CT molecular complexity index is 398. The molecule has 1 aromatic rings. The number of ether oxygens (including phenoxy) is 1. The first kappa shape index (κ1) is 11.6. The molecule has 0 aliphatic carbocycles. The van der Waals surface area contributed by atoms with Crippen LogP contribution in [0.3, 0.4) is 0 Å². The van der Waals surface area contributed by atoms with Gasteiger partial charge in [-0.3, -0.25) is 4.79 Å². The van der Waals surface area contributed by atoms with Gasteiger partial charge >= 0.3 is 0 Å². The third-order valence-electron chi connectivity index (χ3n) is 1.66. The SMILES string of the molecule is COc1c(C(=O)Cl)ncc(O)c1C(F)F. The second-order valence-electron chi connectivity index (χ2n) is 2.51. The number of alkyl halides is 2. The zero-order valence-corrected chi connectivity index (χ0v) is 8.26. The molecule has 0 saturated carbocycles. The molecule has 0 fully saturated rings. The van der Waals surface area contributed by atoms with Gasteiger partial charge in [-0.15, -0.1) is 0 Å². The highest BCUT2D eigenvalue weighted by molar-refractivity contribution is 6.67. The molecule has 0 amide bonds. The van der Waals surface area contributed by atoms with Crippen LogP contribution >= 0.6 is 11.6 Å². The van der Waals surface area contributed by atoms with Gasteiger partial charge in [0.15, 0.2) is 11.4 Å². The fraction of sp³-hybridized carbons (Fsp3) is 0.250. The zero-order chi connectivity index (χ0) is 11.6. The highest BCUT2D eigenvalue weighted by atomic mass is 35.5.